The van der Waals surface area contributed by atoms with Crippen molar-refractivity contribution in [1.82, 2.24) is 34.5 Å². The van der Waals surface area contributed by atoms with Crippen LogP contribution in [0, 0.1) is 30.1 Å². The molecule has 0 aromatic carbocycles. The van der Waals surface area contributed by atoms with Gasteiger partial charge >= 0.3 is 0 Å². The van der Waals surface area contributed by atoms with Crippen molar-refractivity contribution >= 4 is 23.1 Å². The number of anilines is 2. The molecule has 3 N–H and O–H groups in total. The number of nitrogen functional groups attached to an aromatic ring is 1. The van der Waals surface area contributed by atoms with Gasteiger partial charge in [0.15, 0.2) is 11.5 Å². The van der Waals surface area contributed by atoms with Crippen LogP contribution in [0.4, 0.5) is 11.5 Å². The van der Waals surface area contributed by atoms with Crippen molar-refractivity contribution in [2.75, 3.05) is 17.7 Å². The number of rotatable bonds is 7. The first-order valence-corrected chi connectivity index (χ1v) is 11.8. The van der Waals surface area contributed by atoms with Gasteiger partial charge in [-0.15, -0.1) is 0 Å². The molecular formula is C25H25ClN10O. The van der Waals surface area contributed by atoms with E-state index >= 15 is 0 Å². The van der Waals surface area contributed by atoms with E-state index in [9.17, 15) is 5.26 Å². The van der Waals surface area contributed by atoms with Crippen LogP contribution in [0.25, 0.3) is 11.4 Å². The molecule has 0 radical (unpaired) electrons. The first-order chi connectivity index (χ1) is 17.7. The van der Waals surface area contributed by atoms with Crippen LogP contribution in [0.2, 0.25) is 5.15 Å². The van der Waals surface area contributed by atoms with Gasteiger partial charge in [-0.1, -0.05) is 23.4 Å². The molecule has 0 saturated heterocycles. The van der Waals surface area contributed by atoms with Crippen LogP contribution in [0.1, 0.15) is 35.9 Å². The molecule has 0 fully saturated rings. The SMILES string of the molecule is Cc1nn(C)c(OCC[C@H](C)Nc2cc(Cl)ncc2C#Cc2cn(C)nc2C#N)c1-c1nccc(N)n1. The molecule has 0 aliphatic carbocycles. The number of halogens is 1. The molecule has 0 saturated carbocycles. The average molecular weight is 517 g/mol. The highest BCUT2D eigenvalue weighted by atomic mass is 35.5. The van der Waals surface area contributed by atoms with Gasteiger partial charge in [-0.2, -0.15) is 15.5 Å². The molecule has 0 aliphatic heterocycles. The molecule has 12 heteroatoms. The predicted octanol–water partition coefficient (Wildman–Crippen LogP) is 3.09. The molecule has 0 spiro atoms. The van der Waals surface area contributed by atoms with Gasteiger partial charge in [0.2, 0.25) is 5.88 Å². The topological polar surface area (TPSA) is 145 Å². The Labute approximate surface area is 219 Å². The Kier molecular flexibility index (Phi) is 7.56. The van der Waals surface area contributed by atoms with E-state index in [0.717, 1.165) is 11.4 Å². The minimum atomic E-state index is 0.00784. The minimum absolute atomic E-state index is 0.00784. The molecular weight excluding hydrogens is 492 g/mol. The third-order valence-corrected chi connectivity index (χ3v) is 5.61. The first-order valence-electron chi connectivity index (χ1n) is 11.4. The highest BCUT2D eigenvalue weighted by Crippen LogP contribution is 2.31. The maximum atomic E-state index is 9.25. The molecule has 0 unspecified atom stereocenters. The number of nitrogens with zero attached hydrogens (tertiary/aromatic N) is 8. The zero-order chi connectivity index (χ0) is 26.5. The van der Waals surface area contributed by atoms with Crippen LogP contribution >= 0.6 is 11.6 Å². The van der Waals surface area contributed by atoms with Crippen molar-refractivity contribution in [3.05, 3.63) is 58.4 Å². The maximum Gasteiger partial charge on any atom is 0.223 e. The Morgan fingerprint density at radius 1 is 1.22 bits per heavy atom. The summed E-state index contributed by atoms with van der Waals surface area (Å²) in [5.41, 5.74) is 9.48. The van der Waals surface area contributed by atoms with Crippen molar-refractivity contribution in [2.24, 2.45) is 14.1 Å². The van der Waals surface area contributed by atoms with E-state index in [1.165, 1.54) is 0 Å². The lowest BCUT2D eigenvalue weighted by atomic mass is 10.1. The fraction of sp³-hybridized carbons (Fsp3) is 0.280. The van der Waals surface area contributed by atoms with Crippen LogP contribution in [0.3, 0.4) is 0 Å². The summed E-state index contributed by atoms with van der Waals surface area (Å²) < 4.78 is 9.33. The molecule has 0 bridgehead atoms. The molecule has 11 nitrogen and oxygen atoms in total. The summed E-state index contributed by atoms with van der Waals surface area (Å²) in [5, 5.41) is 21.6. The number of aryl methyl sites for hydroxylation is 3. The summed E-state index contributed by atoms with van der Waals surface area (Å²) in [4.78, 5) is 12.8. The zero-order valence-electron chi connectivity index (χ0n) is 20.8. The van der Waals surface area contributed by atoms with Crippen molar-refractivity contribution < 1.29 is 4.74 Å². The Balaban J connectivity index is 1.46. The lowest BCUT2D eigenvalue weighted by Gasteiger charge is -2.17. The van der Waals surface area contributed by atoms with Gasteiger partial charge < -0.3 is 15.8 Å². The lowest BCUT2D eigenvalue weighted by Crippen LogP contribution is -2.19. The minimum Gasteiger partial charge on any atom is -0.477 e. The van der Waals surface area contributed by atoms with E-state index in [1.54, 1.807) is 47.1 Å². The maximum absolute atomic E-state index is 9.25. The van der Waals surface area contributed by atoms with E-state index in [0.29, 0.717) is 52.4 Å². The van der Waals surface area contributed by atoms with Crippen LogP contribution in [0.15, 0.2) is 30.7 Å². The third kappa shape index (κ3) is 5.97. The monoisotopic (exact) mass is 516 g/mol. The lowest BCUT2D eigenvalue weighted by molar-refractivity contribution is 0.280. The second-order valence-corrected chi connectivity index (χ2v) is 8.74. The predicted molar refractivity (Wildman–Crippen MR) is 140 cm³/mol. The number of nitrogens with one attached hydrogen (secondary N) is 1. The van der Waals surface area contributed by atoms with Gasteiger partial charge in [-0.05, 0) is 26.0 Å². The molecule has 4 aromatic heterocycles. The van der Waals surface area contributed by atoms with Crippen LogP contribution in [0.5, 0.6) is 5.88 Å². The third-order valence-electron chi connectivity index (χ3n) is 5.40. The van der Waals surface area contributed by atoms with E-state index in [2.05, 4.69) is 42.3 Å². The van der Waals surface area contributed by atoms with Crippen molar-refractivity contribution in [2.45, 2.75) is 26.3 Å². The molecule has 188 valence electrons. The van der Waals surface area contributed by atoms with E-state index in [-0.39, 0.29) is 11.7 Å². The average Bonchev–Trinajstić information content (AvgIpc) is 3.35. The van der Waals surface area contributed by atoms with Crippen LogP contribution < -0.4 is 15.8 Å². The summed E-state index contributed by atoms with van der Waals surface area (Å²) in [6, 6.07) is 5.41. The molecule has 4 aromatic rings. The number of aromatic nitrogens is 7. The molecule has 1 atom stereocenters. The fourth-order valence-electron chi connectivity index (χ4n) is 3.67. The summed E-state index contributed by atoms with van der Waals surface area (Å²) in [5.74, 6) is 7.48. The van der Waals surface area contributed by atoms with Crippen LogP contribution in [-0.2, 0) is 14.1 Å². The Morgan fingerprint density at radius 3 is 2.76 bits per heavy atom. The zero-order valence-corrected chi connectivity index (χ0v) is 21.6. The highest BCUT2D eigenvalue weighted by Gasteiger charge is 2.20. The number of nitrogens with two attached hydrogens (primary N) is 1. The van der Waals surface area contributed by atoms with Gasteiger partial charge in [0.05, 0.1) is 29.1 Å². The molecule has 4 rings (SSSR count). The number of pyridine rings is 1. The summed E-state index contributed by atoms with van der Waals surface area (Å²) in [7, 11) is 3.55. The van der Waals surface area contributed by atoms with Gasteiger partial charge in [-0.25, -0.2) is 19.6 Å². The molecule has 0 amide bonds. The molecule has 37 heavy (non-hydrogen) atoms. The van der Waals surface area contributed by atoms with Gasteiger partial charge in [0, 0.05) is 45.1 Å². The largest absolute Gasteiger partial charge is 0.477 e. The molecule has 4 heterocycles. The molecule has 0 aliphatic rings. The number of hydrogen-bond donors (Lipinski definition) is 2. The van der Waals surface area contributed by atoms with Gasteiger partial charge in [0.1, 0.15) is 22.6 Å². The fourth-order valence-corrected chi connectivity index (χ4v) is 3.83. The summed E-state index contributed by atoms with van der Waals surface area (Å²) in [6.45, 7) is 4.31. The normalized spacial score (nSPS) is 11.4. The second-order valence-electron chi connectivity index (χ2n) is 8.36. The number of hydrogen-bond acceptors (Lipinski definition) is 9. The Hall–Kier alpha value is -4.61. The van der Waals surface area contributed by atoms with Crippen molar-refractivity contribution in [1.29, 1.82) is 5.26 Å². The van der Waals surface area contributed by atoms with Crippen molar-refractivity contribution in [3.63, 3.8) is 0 Å². The standard InChI is InChI=1S/C25H25ClN10O/c1-15(8-10-37-25-23(16(2)33-36(25)4)24-29-9-7-22(28)32-24)31-19-11-21(26)30-13-17(19)5-6-18-14-35(3)34-20(18)12-27/h7,9,11,13-15H,8,10H2,1-4H3,(H,30,31)(H2,28,29,32)/t15-/m0/s1. The van der Waals surface area contributed by atoms with Crippen molar-refractivity contribution in [3.8, 4) is 35.2 Å². The van der Waals surface area contributed by atoms with Gasteiger partial charge in [-0.3, -0.25) is 4.68 Å². The summed E-state index contributed by atoms with van der Waals surface area (Å²) >= 11 is 6.15. The van der Waals surface area contributed by atoms with E-state index < -0.39 is 0 Å². The Bertz CT molecular complexity index is 1540. The number of nitriles is 1. The van der Waals surface area contributed by atoms with E-state index in [4.69, 9.17) is 22.1 Å². The first kappa shape index (κ1) is 25.5. The quantitative estimate of drug-likeness (QED) is 0.279. The second kappa shape index (κ2) is 11.0. The number of ether oxygens (including phenoxy) is 1. The summed E-state index contributed by atoms with van der Waals surface area (Å²) in [6.07, 6.45) is 5.57. The highest BCUT2D eigenvalue weighted by molar-refractivity contribution is 6.29. The van der Waals surface area contributed by atoms with Gasteiger partial charge in [0.25, 0.3) is 0 Å². The van der Waals surface area contributed by atoms with E-state index in [1.807, 2.05) is 27.0 Å². The van der Waals surface area contributed by atoms with Crippen LogP contribution in [-0.4, -0.2) is 47.2 Å². The Morgan fingerprint density at radius 2 is 2.00 bits per heavy atom. The smallest absolute Gasteiger partial charge is 0.223 e.